The highest BCUT2D eigenvalue weighted by Crippen LogP contribution is 2.29. The Kier molecular flexibility index (Phi) is 5.33. The summed E-state index contributed by atoms with van der Waals surface area (Å²) in [6, 6.07) is 7.94. The van der Waals surface area contributed by atoms with Gasteiger partial charge in [0.2, 0.25) is 5.91 Å². The number of nitrogens with one attached hydrogen (secondary N) is 1. The number of amides is 1. The summed E-state index contributed by atoms with van der Waals surface area (Å²) in [7, 11) is 0. The van der Waals surface area contributed by atoms with Gasteiger partial charge in [-0.25, -0.2) is 0 Å². The average molecular weight is 341 g/mol. The highest BCUT2D eigenvalue weighted by Gasteiger charge is 2.30. The van der Waals surface area contributed by atoms with Crippen LogP contribution < -0.4 is 5.32 Å². The van der Waals surface area contributed by atoms with E-state index in [1.807, 2.05) is 0 Å². The maximum Gasteiger partial charge on any atom is 0.416 e. The molecule has 0 aliphatic heterocycles. The molecular formula is C17H18F3NO3. The van der Waals surface area contributed by atoms with Crippen molar-refractivity contribution in [1.82, 2.24) is 5.32 Å². The fourth-order valence-corrected chi connectivity index (χ4v) is 2.15. The minimum Gasteiger partial charge on any atom is -0.466 e. The molecule has 0 radical (unpaired) electrons. The van der Waals surface area contributed by atoms with Crippen molar-refractivity contribution in [2.75, 3.05) is 6.54 Å². The van der Waals surface area contributed by atoms with E-state index in [9.17, 15) is 23.1 Å². The van der Waals surface area contributed by atoms with Crippen LogP contribution in [0.5, 0.6) is 0 Å². The van der Waals surface area contributed by atoms with Gasteiger partial charge in [-0.2, -0.15) is 13.2 Å². The van der Waals surface area contributed by atoms with Crippen LogP contribution in [0.15, 0.2) is 47.1 Å². The lowest BCUT2D eigenvalue weighted by atomic mass is 10.0. The van der Waals surface area contributed by atoms with Gasteiger partial charge in [0.05, 0.1) is 18.4 Å². The molecule has 1 heterocycles. The third-order valence-electron chi connectivity index (χ3n) is 3.60. The fraction of sp³-hybridized carbons (Fsp3) is 0.353. The predicted octanol–water partition coefficient (Wildman–Crippen LogP) is 3.25. The van der Waals surface area contributed by atoms with Gasteiger partial charge in [-0.1, -0.05) is 12.1 Å². The lowest BCUT2D eigenvalue weighted by molar-refractivity contribution is -0.137. The number of furan rings is 1. The summed E-state index contributed by atoms with van der Waals surface area (Å²) in [5.74, 6) is 0.0345. The number of alkyl halides is 3. The van der Waals surface area contributed by atoms with Crippen LogP contribution in [-0.2, 0) is 23.0 Å². The van der Waals surface area contributed by atoms with Gasteiger partial charge < -0.3 is 14.8 Å². The summed E-state index contributed by atoms with van der Waals surface area (Å²) in [6.45, 7) is 1.49. The molecule has 1 unspecified atom stereocenters. The third kappa shape index (κ3) is 4.86. The molecule has 1 aromatic heterocycles. The zero-order valence-electron chi connectivity index (χ0n) is 13.1. The summed E-state index contributed by atoms with van der Waals surface area (Å²) in [5, 5.41) is 12.8. The van der Waals surface area contributed by atoms with Crippen LogP contribution in [0.2, 0.25) is 0 Å². The fourth-order valence-electron chi connectivity index (χ4n) is 2.15. The lowest BCUT2D eigenvalue weighted by Gasteiger charge is -2.21. The van der Waals surface area contributed by atoms with Crippen LogP contribution in [0.25, 0.3) is 0 Å². The van der Waals surface area contributed by atoms with Crippen LogP contribution in [0.3, 0.4) is 0 Å². The molecule has 0 aliphatic carbocycles. The number of hydrogen-bond acceptors (Lipinski definition) is 3. The molecule has 0 saturated carbocycles. The predicted molar refractivity (Wildman–Crippen MR) is 81.1 cm³/mol. The Bertz CT molecular complexity index is 661. The van der Waals surface area contributed by atoms with Crippen molar-refractivity contribution in [2.45, 2.75) is 31.5 Å². The van der Waals surface area contributed by atoms with E-state index in [0.29, 0.717) is 17.7 Å². The Labute approximate surface area is 137 Å². The van der Waals surface area contributed by atoms with Crippen molar-refractivity contribution >= 4 is 5.91 Å². The van der Waals surface area contributed by atoms with Crippen molar-refractivity contribution in [3.05, 3.63) is 59.5 Å². The molecule has 0 bridgehead atoms. The van der Waals surface area contributed by atoms with Crippen molar-refractivity contribution in [3.63, 3.8) is 0 Å². The monoisotopic (exact) mass is 341 g/mol. The lowest BCUT2D eigenvalue weighted by Crippen LogP contribution is -2.38. The summed E-state index contributed by atoms with van der Waals surface area (Å²) in [4.78, 5) is 11.8. The van der Waals surface area contributed by atoms with E-state index in [-0.39, 0.29) is 18.9 Å². The first-order chi connectivity index (χ1) is 11.2. The molecule has 7 heteroatoms. The molecule has 0 fully saturated rings. The highest BCUT2D eigenvalue weighted by atomic mass is 19.4. The molecule has 24 heavy (non-hydrogen) atoms. The Morgan fingerprint density at radius 3 is 2.42 bits per heavy atom. The minimum absolute atomic E-state index is 0.0215. The van der Waals surface area contributed by atoms with Crippen molar-refractivity contribution in [2.24, 2.45) is 0 Å². The first-order valence-electron chi connectivity index (χ1n) is 7.38. The SMILES string of the molecule is CC(O)(CNC(=O)CCc1ccc(C(F)(F)F)cc1)c1ccco1. The van der Waals surface area contributed by atoms with Crippen molar-refractivity contribution < 1.29 is 27.5 Å². The molecule has 4 nitrogen and oxygen atoms in total. The van der Waals surface area contributed by atoms with E-state index in [1.165, 1.54) is 25.3 Å². The number of carbonyl (C=O) groups is 1. The first kappa shape index (κ1) is 18.1. The summed E-state index contributed by atoms with van der Waals surface area (Å²) in [6.07, 6.45) is -2.52. The second kappa shape index (κ2) is 7.09. The molecule has 0 aliphatic rings. The van der Waals surface area contributed by atoms with E-state index >= 15 is 0 Å². The van der Waals surface area contributed by atoms with E-state index in [4.69, 9.17) is 4.42 Å². The Morgan fingerprint density at radius 1 is 1.21 bits per heavy atom. The Balaban J connectivity index is 1.81. The summed E-state index contributed by atoms with van der Waals surface area (Å²) < 4.78 is 42.5. The zero-order chi connectivity index (χ0) is 17.8. The summed E-state index contributed by atoms with van der Waals surface area (Å²) in [5.41, 5.74) is -1.41. The number of benzene rings is 1. The van der Waals surface area contributed by atoms with Crippen LogP contribution in [0, 0.1) is 0 Å². The minimum atomic E-state index is -4.37. The first-order valence-corrected chi connectivity index (χ1v) is 7.38. The second-order valence-corrected chi connectivity index (χ2v) is 5.72. The molecule has 2 aromatic rings. The molecule has 1 amide bonds. The molecule has 0 saturated heterocycles. The number of halogens is 3. The molecule has 1 atom stereocenters. The third-order valence-corrected chi connectivity index (χ3v) is 3.60. The number of aliphatic hydroxyl groups is 1. The highest BCUT2D eigenvalue weighted by molar-refractivity contribution is 5.76. The standard InChI is InChI=1S/C17H18F3NO3/c1-16(23,14-3-2-10-24-14)11-21-15(22)9-6-12-4-7-13(8-5-12)17(18,19)20/h2-5,7-8,10,23H,6,9,11H2,1H3,(H,21,22). The molecule has 2 rings (SSSR count). The van der Waals surface area contributed by atoms with Gasteiger partial charge in [-0.05, 0) is 43.2 Å². The van der Waals surface area contributed by atoms with Gasteiger partial charge in [0.1, 0.15) is 11.4 Å². The van der Waals surface area contributed by atoms with Crippen LogP contribution in [-0.4, -0.2) is 17.6 Å². The zero-order valence-corrected chi connectivity index (χ0v) is 13.1. The van der Waals surface area contributed by atoms with Gasteiger partial charge in [-0.15, -0.1) is 0 Å². The molecule has 130 valence electrons. The smallest absolute Gasteiger partial charge is 0.416 e. The number of carbonyl (C=O) groups excluding carboxylic acids is 1. The van der Waals surface area contributed by atoms with Crippen LogP contribution >= 0.6 is 0 Å². The largest absolute Gasteiger partial charge is 0.466 e. The van der Waals surface area contributed by atoms with E-state index in [2.05, 4.69) is 5.32 Å². The van der Waals surface area contributed by atoms with Gasteiger partial charge in [0.15, 0.2) is 0 Å². The molecule has 0 spiro atoms. The number of hydrogen-bond donors (Lipinski definition) is 2. The van der Waals surface area contributed by atoms with E-state index < -0.39 is 17.3 Å². The van der Waals surface area contributed by atoms with Crippen molar-refractivity contribution in [3.8, 4) is 0 Å². The Hall–Kier alpha value is -2.28. The molecule has 1 aromatic carbocycles. The maximum atomic E-state index is 12.5. The second-order valence-electron chi connectivity index (χ2n) is 5.72. The van der Waals surface area contributed by atoms with Crippen LogP contribution in [0.1, 0.15) is 30.2 Å². The Morgan fingerprint density at radius 2 is 1.88 bits per heavy atom. The van der Waals surface area contributed by atoms with E-state index in [0.717, 1.165) is 12.1 Å². The normalized spacial score (nSPS) is 14.2. The average Bonchev–Trinajstić information content (AvgIpc) is 3.06. The van der Waals surface area contributed by atoms with Gasteiger partial charge in [-0.3, -0.25) is 4.79 Å². The van der Waals surface area contributed by atoms with Crippen molar-refractivity contribution in [1.29, 1.82) is 0 Å². The quantitative estimate of drug-likeness (QED) is 0.848. The summed E-state index contributed by atoms with van der Waals surface area (Å²) >= 11 is 0. The van der Waals surface area contributed by atoms with Gasteiger partial charge in [0, 0.05) is 6.42 Å². The van der Waals surface area contributed by atoms with Crippen LogP contribution in [0.4, 0.5) is 13.2 Å². The van der Waals surface area contributed by atoms with Gasteiger partial charge in [0.25, 0.3) is 0 Å². The molecule has 2 N–H and O–H groups in total. The number of rotatable bonds is 6. The maximum absolute atomic E-state index is 12.5. The topological polar surface area (TPSA) is 62.5 Å². The molecular weight excluding hydrogens is 323 g/mol. The van der Waals surface area contributed by atoms with E-state index in [1.54, 1.807) is 12.1 Å². The van der Waals surface area contributed by atoms with Gasteiger partial charge >= 0.3 is 6.18 Å². The number of aryl methyl sites for hydroxylation is 1.